The van der Waals surface area contributed by atoms with Crippen LogP contribution in [0.2, 0.25) is 10.0 Å². The number of aromatic amines is 1. The third kappa shape index (κ3) is 2.56. The molecule has 0 unspecified atom stereocenters. The van der Waals surface area contributed by atoms with Crippen molar-refractivity contribution in [3.05, 3.63) is 50.5 Å². The van der Waals surface area contributed by atoms with E-state index in [4.69, 9.17) is 38.4 Å². The molecule has 0 saturated heterocycles. The molecule has 1 aromatic carbocycles. The lowest BCUT2D eigenvalue weighted by atomic mass is 9.84. The van der Waals surface area contributed by atoms with Crippen LogP contribution in [0.5, 0.6) is 11.6 Å². The van der Waals surface area contributed by atoms with Gasteiger partial charge in [-0.05, 0) is 31.5 Å². The molecule has 0 spiro atoms. The highest BCUT2D eigenvalue weighted by molar-refractivity contribution is 6.37. The van der Waals surface area contributed by atoms with Gasteiger partial charge in [0.25, 0.3) is 0 Å². The number of rotatable bonds is 3. The zero-order valence-electron chi connectivity index (χ0n) is 13.0. The van der Waals surface area contributed by atoms with Gasteiger partial charge in [-0.15, -0.1) is 5.10 Å². The number of nitriles is 1. The Kier molecular flexibility index (Phi) is 4.31. The van der Waals surface area contributed by atoms with E-state index in [0.29, 0.717) is 33.8 Å². The minimum atomic E-state index is -0.469. The van der Waals surface area contributed by atoms with Crippen molar-refractivity contribution in [2.45, 2.75) is 19.8 Å². The van der Waals surface area contributed by atoms with E-state index in [0.717, 1.165) is 11.3 Å². The van der Waals surface area contributed by atoms with Gasteiger partial charge in [0.15, 0.2) is 5.75 Å². The van der Waals surface area contributed by atoms with Crippen molar-refractivity contribution in [1.29, 1.82) is 5.26 Å². The van der Waals surface area contributed by atoms with E-state index in [-0.39, 0.29) is 11.5 Å². The summed E-state index contributed by atoms with van der Waals surface area (Å²) >= 11 is 12.6. The number of aryl methyl sites for hydroxylation is 1. The van der Waals surface area contributed by atoms with Gasteiger partial charge in [0.05, 0.1) is 22.6 Å². The number of nitrogens with one attached hydrogen (secondary N) is 1. The summed E-state index contributed by atoms with van der Waals surface area (Å²) in [6.45, 7) is 4.13. The standard InChI is InChI=1S/C16H14Cl2N4O2/c1-3-23-14-10(17)4-8(5-11(14)18)13-9(6-19)15(20)24-16-12(13)7(2)21-22-16/h4-5,13H,3,20H2,1-2H3,(H,21,22)/t13-/m0/s1. The molecular formula is C16H14Cl2N4O2. The first kappa shape index (κ1) is 16.5. The number of nitrogens with two attached hydrogens (primary N) is 1. The molecule has 0 amide bonds. The van der Waals surface area contributed by atoms with Crippen LogP contribution in [0.1, 0.15) is 29.7 Å². The molecule has 2 aromatic rings. The Morgan fingerprint density at radius 2 is 2.08 bits per heavy atom. The fraction of sp³-hybridized carbons (Fsp3) is 0.250. The third-order valence-electron chi connectivity index (χ3n) is 3.77. The van der Waals surface area contributed by atoms with Gasteiger partial charge in [-0.3, -0.25) is 5.10 Å². The first-order chi connectivity index (χ1) is 11.5. The second kappa shape index (κ2) is 6.27. The number of fused-ring (bicyclic) bond motifs is 1. The van der Waals surface area contributed by atoms with Crippen LogP contribution >= 0.6 is 23.2 Å². The number of ether oxygens (including phenoxy) is 2. The fourth-order valence-electron chi connectivity index (χ4n) is 2.76. The molecule has 6 nitrogen and oxygen atoms in total. The predicted octanol–water partition coefficient (Wildman–Crippen LogP) is 3.64. The summed E-state index contributed by atoms with van der Waals surface area (Å²) in [5.41, 5.74) is 8.38. The van der Waals surface area contributed by atoms with Gasteiger partial charge in [-0.2, -0.15) is 5.26 Å². The van der Waals surface area contributed by atoms with Crippen LogP contribution in [0.4, 0.5) is 0 Å². The van der Waals surface area contributed by atoms with Gasteiger partial charge >= 0.3 is 0 Å². The number of H-pyrrole nitrogens is 1. The van der Waals surface area contributed by atoms with E-state index in [9.17, 15) is 5.26 Å². The second-order valence-electron chi connectivity index (χ2n) is 5.24. The molecule has 2 heterocycles. The van der Waals surface area contributed by atoms with E-state index >= 15 is 0 Å². The maximum atomic E-state index is 9.54. The van der Waals surface area contributed by atoms with Gasteiger partial charge in [0, 0.05) is 11.3 Å². The molecule has 1 aromatic heterocycles. The zero-order chi connectivity index (χ0) is 17.4. The number of hydrogen-bond donors (Lipinski definition) is 2. The summed E-state index contributed by atoms with van der Waals surface area (Å²) in [6, 6.07) is 5.54. The molecule has 3 N–H and O–H groups in total. The molecule has 1 aliphatic rings. The third-order valence-corrected chi connectivity index (χ3v) is 4.33. The topological polar surface area (TPSA) is 96.9 Å². The molecule has 0 fully saturated rings. The lowest BCUT2D eigenvalue weighted by Gasteiger charge is -2.24. The van der Waals surface area contributed by atoms with Crippen LogP contribution < -0.4 is 15.2 Å². The van der Waals surface area contributed by atoms with Crippen LogP contribution in [-0.4, -0.2) is 16.8 Å². The summed E-state index contributed by atoms with van der Waals surface area (Å²) in [5, 5.41) is 17.2. The molecule has 24 heavy (non-hydrogen) atoms. The largest absolute Gasteiger partial charge is 0.491 e. The first-order valence-corrected chi connectivity index (χ1v) is 7.97. The van der Waals surface area contributed by atoms with E-state index in [1.165, 1.54) is 0 Å². The SMILES string of the molecule is CCOc1c(Cl)cc([C@H]2C(C#N)=C(N)Oc3n[nH]c(C)c32)cc1Cl. The highest BCUT2D eigenvalue weighted by atomic mass is 35.5. The first-order valence-electron chi connectivity index (χ1n) is 7.22. The predicted molar refractivity (Wildman–Crippen MR) is 90.3 cm³/mol. The minimum absolute atomic E-state index is 0.0163. The highest BCUT2D eigenvalue weighted by Crippen LogP contribution is 2.45. The van der Waals surface area contributed by atoms with Crippen molar-refractivity contribution < 1.29 is 9.47 Å². The van der Waals surface area contributed by atoms with Gasteiger partial charge < -0.3 is 15.2 Å². The molecule has 0 saturated carbocycles. The maximum Gasteiger partial charge on any atom is 0.244 e. The van der Waals surface area contributed by atoms with Crippen LogP contribution in [0.3, 0.4) is 0 Å². The monoisotopic (exact) mass is 364 g/mol. The van der Waals surface area contributed by atoms with E-state index in [1.54, 1.807) is 12.1 Å². The Balaban J connectivity index is 2.21. The van der Waals surface area contributed by atoms with E-state index in [2.05, 4.69) is 16.3 Å². The summed E-state index contributed by atoms with van der Waals surface area (Å²) in [4.78, 5) is 0. The van der Waals surface area contributed by atoms with Gasteiger partial charge in [0.1, 0.15) is 11.6 Å². The Labute approximate surface area is 148 Å². The number of allylic oxidation sites excluding steroid dienone is 1. The van der Waals surface area contributed by atoms with Crippen molar-refractivity contribution in [2.24, 2.45) is 5.73 Å². The average molecular weight is 365 g/mol. The lowest BCUT2D eigenvalue weighted by Crippen LogP contribution is -2.21. The number of hydrogen-bond acceptors (Lipinski definition) is 5. The van der Waals surface area contributed by atoms with Crippen LogP contribution in [-0.2, 0) is 0 Å². The minimum Gasteiger partial charge on any atom is -0.491 e. The number of benzene rings is 1. The Morgan fingerprint density at radius 3 is 2.67 bits per heavy atom. The summed E-state index contributed by atoms with van der Waals surface area (Å²) < 4.78 is 10.9. The van der Waals surface area contributed by atoms with Crippen molar-refractivity contribution in [1.82, 2.24) is 10.2 Å². The summed E-state index contributed by atoms with van der Waals surface area (Å²) in [5.74, 6) is 0.303. The summed E-state index contributed by atoms with van der Waals surface area (Å²) in [7, 11) is 0. The van der Waals surface area contributed by atoms with Crippen LogP contribution in [0.15, 0.2) is 23.6 Å². The Hall–Kier alpha value is -2.36. The average Bonchev–Trinajstić information content (AvgIpc) is 2.90. The molecule has 0 aliphatic carbocycles. The van der Waals surface area contributed by atoms with Crippen LogP contribution in [0, 0.1) is 18.3 Å². The van der Waals surface area contributed by atoms with Crippen LogP contribution in [0.25, 0.3) is 0 Å². The molecule has 8 heteroatoms. The second-order valence-corrected chi connectivity index (χ2v) is 6.05. The summed E-state index contributed by atoms with van der Waals surface area (Å²) in [6.07, 6.45) is 0. The molecule has 3 rings (SSSR count). The molecular weight excluding hydrogens is 351 g/mol. The smallest absolute Gasteiger partial charge is 0.244 e. The number of halogens is 2. The Morgan fingerprint density at radius 1 is 1.42 bits per heavy atom. The van der Waals surface area contributed by atoms with Gasteiger partial charge in [-0.1, -0.05) is 23.2 Å². The quantitative estimate of drug-likeness (QED) is 0.866. The van der Waals surface area contributed by atoms with Crippen molar-refractivity contribution in [3.8, 4) is 17.7 Å². The zero-order valence-corrected chi connectivity index (χ0v) is 14.5. The lowest BCUT2D eigenvalue weighted by molar-refractivity contribution is 0.340. The molecule has 1 aliphatic heterocycles. The molecule has 124 valence electrons. The number of nitrogens with zero attached hydrogens (tertiary/aromatic N) is 2. The molecule has 1 atom stereocenters. The highest BCUT2D eigenvalue weighted by Gasteiger charge is 2.34. The van der Waals surface area contributed by atoms with Crippen molar-refractivity contribution >= 4 is 23.2 Å². The van der Waals surface area contributed by atoms with Gasteiger partial charge in [-0.25, -0.2) is 0 Å². The number of aromatic nitrogens is 2. The maximum absolute atomic E-state index is 9.54. The molecule has 0 bridgehead atoms. The van der Waals surface area contributed by atoms with Crippen molar-refractivity contribution in [2.75, 3.05) is 6.61 Å². The Bertz CT molecular complexity index is 860. The van der Waals surface area contributed by atoms with E-state index < -0.39 is 5.92 Å². The fourth-order valence-corrected chi connectivity index (χ4v) is 3.37. The van der Waals surface area contributed by atoms with E-state index in [1.807, 2.05) is 13.8 Å². The normalized spacial score (nSPS) is 16.4. The molecule has 0 radical (unpaired) electrons. The van der Waals surface area contributed by atoms with Gasteiger partial charge in [0.2, 0.25) is 11.8 Å². The van der Waals surface area contributed by atoms with Crippen molar-refractivity contribution in [3.63, 3.8) is 0 Å².